The van der Waals surface area contributed by atoms with Crippen LogP contribution in [-0.4, -0.2) is 37.8 Å². The van der Waals surface area contributed by atoms with E-state index in [0.717, 1.165) is 19.3 Å². The third kappa shape index (κ3) is 2.79. The highest BCUT2D eigenvalue weighted by Crippen LogP contribution is 2.32. The first-order chi connectivity index (χ1) is 11.5. The van der Waals surface area contributed by atoms with Crippen LogP contribution in [-0.2, 0) is 10.0 Å². The van der Waals surface area contributed by atoms with Crippen LogP contribution < -0.4 is 5.32 Å². The summed E-state index contributed by atoms with van der Waals surface area (Å²) in [5.74, 6) is 0.737. The minimum absolute atomic E-state index is 0.0686. The molecule has 0 aliphatic carbocycles. The molecular formula is C15H18N4O4S. The van der Waals surface area contributed by atoms with E-state index in [2.05, 4.69) is 10.3 Å². The van der Waals surface area contributed by atoms with Gasteiger partial charge in [0.05, 0.1) is 0 Å². The van der Waals surface area contributed by atoms with Crippen molar-refractivity contribution in [3.05, 3.63) is 17.5 Å². The highest BCUT2D eigenvalue weighted by molar-refractivity contribution is 7.89. The van der Waals surface area contributed by atoms with Crippen LogP contribution in [0.3, 0.4) is 0 Å². The van der Waals surface area contributed by atoms with Crippen molar-refractivity contribution < 1.29 is 17.3 Å². The normalized spacial score (nSPS) is 16.0. The lowest BCUT2D eigenvalue weighted by molar-refractivity contribution is 0.346. The van der Waals surface area contributed by atoms with E-state index in [4.69, 9.17) is 14.1 Å². The van der Waals surface area contributed by atoms with Crippen LogP contribution in [0.1, 0.15) is 30.7 Å². The zero-order valence-corrected chi connectivity index (χ0v) is 14.3. The summed E-state index contributed by atoms with van der Waals surface area (Å²) in [5.41, 5.74) is 0.0852. The molecule has 1 aliphatic heterocycles. The van der Waals surface area contributed by atoms with Crippen molar-refractivity contribution in [2.45, 2.75) is 31.1 Å². The number of piperidine rings is 1. The summed E-state index contributed by atoms with van der Waals surface area (Å²) < 4.78 is 38.0. The van der Waals surface area contributed by atoms with Gasteiger partial charge in [-0.3, -0.25) is 0 Å². The Bertz CT molecular complexity index is 885. The Morgan fingerprint density at radius 1 is 1.29 bits per heavy atom. The lowest BCUT2D eigenvalue weighted by atomic mass is 10.2. The van der Waals surface area contributed by atoms with E-state index in [1.807, 2.05) is 6.07 Å². The maximum atomic E-state index is 12.8. The van der Waals surface area contributed by atoms with E-state index in [9.17, 15) is 8.42 Å². The summed E-state index contributed by atoms with van der Waals surface area (Å²) >= 11 is 0. The molecule has 128 valence electrons. The average molecular weight is 350 g/mol. The number of sulfonamides is 1. The zero-order valence-electron chi connectivity index (χ0n) is 13.5. The largest absolute Gasteiger partial charge is 0.455 e. The predicted octanol–water partition coefficient (Wildman–Crippen LogP) is 2.33. The topological polar surface area (TPSA) is 112 Å². The number of hydrogen-bond donors (Lipinski definition) is 1. The van der Waals surface area contributed by atoms with Crippen LogP contribution in [0.15, 0.2) is 19.8 Å². The van der Waals surface area contributed by atoms with Crippen LogP contribution in [0.25, 0.3) is 11.7 Å². The standard InChI is InChI=1S/C15H18N4O4S/c1-10-13(24(20,21)19-6-4-3-5-7-19)8-12(22-10)15-18-11(9-16)14(17-2)23-15/h8,17H,3-7H2,1-2H3. The van der Waals surface area contributed by atoms with Crippen LogP contribution in [0, 0.1) is 18.3 Å². The van der Waals surface area contributed by atoms with Crippen LogP contribution >= 0.6 is 0 Å². The van der Waals surface area contributed by atoms with Gasteiger partial charge in [-0.1, -0.05) is 6.42 Å². The molecule has 1 saturated heterocycles. The molecule has 1 aliphatic rings. The lowest BCUT2D eigenvalue weighted by Gasteiger charge is -2.25. The quantitative estimate of drug-likeness (QED) is 0.900. The minimum Gasteiger partial charge on any atom is -0.455 e. The van der Waals surface area contributed by atoms with E-state index >= 15 is 0 Å². The fourth-order valence-electron chi connectivity index (χ4n) is 2.74. The van der Waals surface area contributed by atoms with Gasteiger partial charge >= 0.3 is 0 Å². The van der Waals surface area contributed by atoms with E-state index in [0.29, 0.717) is 13.1 Å². The molecule has 24 heavy (non-hydrogen) atoms. The molecule has 0 aromatic carbocycles. The molecule has 0 unspecified atom stereocenters. The summed E-state index contributed by atoms with van der Waals surface area (Å²) in [6.07, 6.45) is 2.77. The molecular weight excluding hydrogens is 332 g/mol. The average Bonchev–Trinajstić information content (AvgIpc) is 3.19. The summed E-state index contributed by atoms with van der Waals surface area (Å²) in [6, 6.07) is 3.31. The van der Waals surface area contributed by atoms with Gasteiger partial charge in [0.1, 0.15) is 16.7 Å². The monoisotopic (exact) mass is 350 g/mol. The van der Waals surface area contributed by atoms with Crippen molar-refractivity contribution in [2.24, 2.45) is 0 Å². The Balaban J connectivity index is 1.99. The molecule has 0 atom stereocenters. The number of nitrogens with one attached hydrogen (secondary N) is 1. The summed E-state index contributed by atoms with van der Waals surface area (Å²) in [6.45, 7) is 2.63. The first-order valence-electron chi connectivity index (χ1n) is 7.67. The number of aryl methyl sites for hydroxylation is 1. The molecule has 3 rings (SSSR count). The van der Waals surface area contributed by atoms with E-state index in [-0.39, 0.29) is 33.9 Å². The van der Waals surface area contributed by atoms with Crippen LogP contribution in [0.4, 0.5) is 5.88 Å². The number of nitriles is 1. The molecule has 2 aromatic rings. The maximum absolute atomic E-state index is 12.8. The van der Waals surface area contributed by atoms with Crippen molar-refractivity contribution in [1.82, 2.24) is 9.29 Å². The van der Waals surface area contributed by atoms with Gasteiger partial charge in [-0.05, 0) is 19.8 Å². The number of hydrogen-bond acceptors (Lipinski definition) is 7. The Kier molecular flexibility index (Phi) is 4.34. The fraction of sp³-hybridized carbons (Fsp3) is 0.467. The number of aromatic nitrogens is 1. The third-order valence-corrected chi connectivity index (χ3v) is 5.98. The molecule has 0 amide bonds. The molecule has 0 radical (unpaired) electrons. The van der Waals surface area contributed by atoms with E-state index < -0.39 is 10.0 Å². The Labute approximate surface area is 140 Å². The van der Waals surface area contributed by atoms with Crippen molar-refractivity contribution in [3.63, 3.8) is 0 Å². The predicted molar refractivity (Wildman–Crippen MR) is 85.8 cm³/mol. The first kappa shape index (κ1) is 16.5. The second-order valence-electron chi connectivity index (χ2n) is 5.55. The van der Waals surface area contributed by atoms with Crippen molar-refractivity contribution in [1.29, 1.82) is 5.26 Å². The zero-order chi connectivity index (χ0) is 17.3. The van der Waals surface area contributed by atoms with Gasteiger partial charge in [-0.2, -0.15) is 14.6 Å². The van der Waals surface area contributed by atoms with Crippen molar-refractivity contribution in [3.8, 4) is 17.7 Å². The summed E-state index contributed by atoms with van der Waals surface area (Å²) in [5, 5.41) is 11.7. The summed E-state index contributed by atoms with van der Waals surface area (Å²) in [4.78, 5) is 4.14. The van der Waals surface area contributed by atoms with Gasteiger partial charge in [0.25, 0.3) is 5.89 Å². The van der Waals surface area contributed by atoms with Crippen molar-refractivity contribution >= 4 is 15.9 Å². The van der Waals surface area contributed by atoms with Gasteiger partial charge in [0.15, 0.2) is 5.76 Å². The van der Waals surface area contributed by atoms with Gasteiger partial charge in [0.2, 0.25) is 21.6 Å². The van der Waals surface area contributed by atoms with Gasteiger partial charge < -0.3 is 14.2 Å². The number of anilines is 1. The second-order valence-corrected chi connectivity index (χ2v) is 7.46. The van der Waals surface area contributed by atoms with Gasteiger partial charge in [0, 0.05) is 26.2 Å². The number of oxazole rings is 1. The number of nitrogens with zero attached hydrogens (tertiary/aromatic N) is 3. The molecule has 1 fully saturated rings. The van der Waals surface area contributed by atoms with Crippen LogP contribution in [0.2, 0.25) is 0 Å². The van der Waals surface area contributed by atoms with E-state index in [1.165, 1.54) is 10.4 Å². The first-order valence-corrected chi connectivity index (χ1v) is 9.11. The van der Waals surface area contributed by atoms with Crippen molar-refractivity contribution in [2.75, 3.05) is 25.5 Å². The molecule has 8 nitrogen and oxygen atoms in total. The molecule has 3 heterocycles. The second kappa shape index (κ2) is 6.30. The van der Waals surface area contributed by atoms with Gasteiger partial charge in [-0.15, -0.1) is 0 Å². The Morgan fingerprint density at radius 2 is 2.00 bits per heavy atom. The highest BCUT2D eigenvalue weighted by atomic mass is 32.2. The fourth-order valence-corrected chi connectivity index (χ4v) is 4.42. The molecule has 0 bridgehead atoms. The molecule has 1 N–H and O–H groups in total. The number of furan rings is 1. The molecule has 0 saturated carbocycles. The molecule has 9 heteroatoms. The van der Waals surface area contributed by atoms with Gasteiger partial charge in [-0.25, -0.2) is 8.42 Å². The molecule has 0 spiro atoms. The Morgan fingerprint density at radius 3 is 2.58 bits per heavy atom. The van der Waals surface area contributed by atoms with Crippen LogP contribution in [0.5, 0.6) is 0 Å². The SMILES string of the molecule is CNc1oc(-c2cc(S(=O)(=O)N3CCCCC3)c(C)o2)nc1C#N. The minimum atomic E-state index is -3.60. The summed E-state index contributed by atoms with van der Waals surface area (Å²) in [7, 11) is -2.00. The smallest absolute Gasteiger partial charge is 0.266 e. The third-order valence-electron chi connectivity index (χ3n) is 3.98. The molecule has 2 aromatic heterocycles. The number of rotatable bonds is 4. The Hall–Kier alpha value is -2.31. The lowest BCUT2D eigenvalue weighted by Crippen LogP contribution is -2.35. The van der Waals surface area contributed by atoms with E-state index in [1.54, 1.807) is 14.0 Å². The highest BCUT2D eigenvalue weighted by Gasteiger charge is 2.31. The maximum Gasteiger partial charge on any atom is 0.266 e.